The number of amides is 1. The molecule has 0 aliphatic carbocycles. The molecule has 5 nitrogen and oxygen atoms in total. The second-order valence-electron chi connectivity index (χ2n) is 6.52. The van der Waals surface area contributed by atoms with Gasteiger partial charge >= 0.3 is 5.97 Å². The van der Waals surface area contributed by atoms with Crippen molar-refractivity contribution in [2.45, 2.75) is 18.9 Å². The lowest BCUT2D eigenvalue weighted by atomic mass is 10.0. The van der Waals surface area contributed by atoms with Gasteiger partial charge in [-0.3, -0.25) is 4.79 Å². The average molecular weight is 372 g/mol. The van der Waals surface area contributed by atoms with Crippen LogP contribution >= 0.6 is 0 Å². The van der Waals surface area contributed by atoms with E-state index in [1.165, 1.54) is 7.11 Å². The molecule has 28 heavy (non-hydrogen) atoms. The fraction of sp³-hybridized carbons (Fsp3) is 0.174. The Morgan fingerprint density at radius 2 is 1.79 bits per heavy atom. The minimum absolute atomic E-state index is 0.163. The van der Waals surface area contributed by atoms with Gasteiger partial charge in [0, 0.05) is 6.42 Å². The monoisotopic (exact) mass is 372 g/mol. The molecule has 1 N–H and O–H groups in total. The minimum Gasteiger partial charge on any atom is -0.467 e. The number of nitrogens with zero attached hydrogens (tertiary/aromatic N) is 1. The fourth-order valence-corrected chi connectivity index (χ4v) is 3.12. The third-order valence-electron chi connectivity index (χ3n) is 4.50. The highest BCUT2D eigenvalue weighted by atomic mass is 16.5. The summed E-state index contributed by atoms with van der Waals surface area (Å²) >= 11 is 0. The zero-order chi connectivity index (χ0) is 19.9. The first kappa shape index (κ1) is 19.1. The van der Waals surface area contributed by atoms with Crippen molar-refractivity contribution in [1.82, 2.24) is 5.32 Å². The topological polar surface area (TPSA) is 79.2 Å². The van der Waals surface area contributed by atoms with Crippen LogP contribution in [-0.2, 0) is 27.2 Å². The van der Waals surface area contributed by atoms with Crippen LogP contribution in [0.2, 0.25) is 0 Å². The van der Waals surface area contributed by atoms with Gasteiger partial charge in [-0.05, 0) is 34.0 Å². The number of nitriles is 1. The van der Waals surface area contributed by atoms with Gasteiger partial charge in [0.25, 0.3) is 0 Å². The van der Waals surface area contributed by atoms with Crippen molar-refractivity contribution in [1.29, 1.82) is 5.26 Å². The summed E-state index contributed by atoms with van der Waals surface area (Å²) in [6.45, 7) is 0. The Bertz CT molecular complexity index is 1050. The van der Waals surface area contributed by atoms with E-state index in [-0.39, 0.29) is 18.7 Å². The standard InChI is InChI=1S/C23H20N2O3/c1-28-23(27)21(13-16-5-4-6-18(11-16)15-24)25-22(26)14-17-9-10-19-7-2-3-8-20(19)12-17/h2-12,21H,13-14H2,1H3,(H,25,26)/t21-/m1/s1. The van der Waals surface area contributed by atoms with E-state index in [1.54, 1.807) is 18.2 Å². The molecule has 0 aliphatic rings. The predicted octanol–water partition coefficient (Wildman–Crippen LogP) is 3.15. The van der Waals surface area contributed by atoms with Gasteiger partial charge in [0.15, 0.2) is 0 Å². The maximum atomic E-state index is 12.5. The summed E-state index contributed by atoms with van der Waals surface area (Å²) in [5.41, 5.74) is 2.15. The van der Waals surface area contributed by atoms with Gasteiger partial charge in [0.1, 0.15) is 6.04 Å². The van der Waals surface area contributed by atoms with Crippen LogP contribution in [0.4, 0.5) is 0 Å². The first-order valence-electron chi connectivity index (χ1n) is 8.93. The lowest BCUT2D eigenvalue weighted by molar-refractivity contribution is -0.145. The van der Waals surface area contributed by atoms with Gasteiger partial charge in [-0.1, -0.05) is 54.6 Å². The summed E-state index contributed by atoms with van der Waals surface area (Å²) in [5.74, 6) is -0.781. The fourth-order valence-electron chi connectivity index (χ4n) is 3.12. The van der Waals surface area contributed by atoms with Crippen molar-refractivity contribution in [2.24, 2.45) is 0 Å². The zero-order valence-electron chi connectivity index (χ0n) is 15.5. The van der Waals surface area contributed by atoms with Crippen LogP contribution in [0, 0.1) is 11.3 Å². The Balaban J connectivity index is 1.71. The molecule has 5 heteroatoms. The summed E-state index contributed by atoms with van der Waals surface area (Å²) in [4.78, 5) is 24.7. The molecule has 140 valence electrons. The number of esters is 1. The third kappa shape index (κ3) is 4.74. The molecular formula is C23H20N2O3. The molecule has 0 heterocycles. The molecule has 0 saturated carbocycles. The maximum Gasteiger partial charge on any atom is 0.328 e. The summed E-state index contributed by atoms with van der Waals surface area (Å²) in [5, 5.41) is 13.9. The Morgan fingerprint density at radius 1 is 1.00 bits per heavy atom. The Kier molecular flexibility index (Phi) is 6.03. The number of benzene rings is 3. The number of carbonyl (C=O) groups is 2. The summed E-state index contributed by atoms with van der Waals surface area (Å²) in [7, 11) is 1.29. The van der Waals surface area contributed by atoms with Crippen molar-refractivity contribution < 1.29 is 14.3 Å². The van der Waals surface area contributed by atoms with E-state index < -0.39 is 12.0 Å². The van der Waals surface area contributed by atoms with E-state index in [9.17, 15) is 9.59 Å². The number of rotatable bonds is 6. The van der Waals surface area contributed by atoms with E-state index in [2.05, 4.69) is 11.4 Å². The summed E-state index contributed by atoms with van der Waals surface area (Å²) < 4.78 is 4.83. The van der Waals surface area contributed by atoms with E-state index in [0.717, 1.165) is 21.9 Å². The summed E-state index contributed by atoms with van der Waals surface area (Å²) in [6, 6.07) is 22.0. The molecular weight excluding hydrogens is 352 g/mol. The molecule has 0 unspecified atom stereocenters. The van der Waals surface area contributed by atoms with E-state index in [4.69, 9.17) is 10.00 Å². The van der Waals surface area contributed by atoms with Crippen molar-refractivity contribution in [3.8, 4) is 6.07 Å². The van der Waals surface area contributed by atoms with Crippen molar-refractivity contribution in [2.75, 3.05) is 7.11 Å². The molecule has 1 atom stereocenters. The molecule has 3 aromatic carbocycles. The molecule has 0 fully saturated rings. The molecule has 0 saturated heterocycles. The van der Waals surface area contributed by atoms with Gasteiger partial charge < -0.3 is 10.1 Å². The van der Waals surface area contributed by atoms with Gasteiger partial charge in [-0.25, -0.2) is 4.79 Å². The van der Waals surface area contributed by atoms with E-state index in [0.29, 0.717) is 5.56 Å². The van der Waals surface area contributed by atoms with Crippen molar-refractivity contribution >= 4 is 22.6 Å². The molecule has 3 aromatic rings. The molecule has 0 aromatic heterocycles. The smallest absolute Gasteiger partial charge is 0.328 e. The number of nitrogens with one attached hydrogen (secondary N) is 1. The second-order valence-corrected chi connectivity index (χ2v) is 6.52. The van der Waals surface area contributed by atoms with Gasteiger partial charge in [-0.2, -0.15) is 5.26 Å². The van der Waals surface area contributed by atoms with Crippen LogP contribution in [0.1, 0.15) is 16.7 Å². The highest BCUT2D eigenvalue weighted by Crippen LogP contribution is 2.16. The third-order valence-corrected chi connectivity index (χ3v) is 4.50. The van der Waals surface area contributed by atoms with E-state index in [1.807, 2.05) is 48.5 Å². The molecule has 0 radical (unpaired) electrons. The molecule has 1 amide bonds. The highest BCUT2D eigenvalue weighted by Gasteiger charge is 2.22. The number of methoxy groups -OCH3 is 1. The molecule has 0 spiro atoms. The molecule has 0 bridgehead atoms. The van der Waals surface area contributed by atoms with E-state index >= 15 is 0 Å². The maximum absolute atomic E-state index is 12.5. The van der Waals surface area contributed by atoms with Crippen molar-refractivity contribution in [3.05, 3.63) is 83.4 Å². The van der Waals surface area contributed by atoms with Gasteiger partial charge in [0.2, 0.25) is 5.91 Å². The Morgan fingerprint density at radius 3 is 2.54 bits per heavy atom. The Labute approximate surface area is 163 Å². The highest BCUT2D eigenvalue weighted by molar-refractivity contribution is 5.88. The number of ether oxygens (including phenoxy) is 1. The lowest BCUT2D eigenvalue weighted by Gasteiger charge is -2.17. The number of hydrogen-bond donors (Lipinski definition) is 1. The van der Waals surface area contributed by atoms with Crippen LogP contribution in [0.15, 0.2) is 66.7 Å². The quantitative estimate of drug-likeness (QED) is 0.674. The predicted molar refractivity (Wildman–Crippen MR) is 106 cm³/mol. The number of hydrogen-bond acceptors (Lipinski definition) is 4. The van der Waals surface area contributed by atoms with Crippen LogP contribution in [0.5, 0.6) is 0 Å². The number of carbonyl (C=O) groups excluding carboxylic acids is 2. The first-order valence-corrected chi connectivity index (χ1v) is 8.93. The number of fused-ring (bicyclic) bond motifs is 1. The normalized spacial score (nSPS) is 11.4. The first-order chi connectivity index (χ1) is 13.6. The largest absolute Gasteiger partial charge is 0.467 e. The SMILES string of the molecule is COC(=O)[C@@H](Cc1cccc(C#N)c1)NC(=O)Cc1ccc2ccccc2c1. The van der Waals surface area contributed by atoms with Gasteiger partial charge in [-0.15, -0.1) is 0 Å². The Hall–Kier alpha value is -3.65. The summed E-state index contributed by atoms with van der Waals surface area (Å²) in [6.07, 6.45) is 0.419. The molecule has 0 aliphatic heterocycles. The second kappa shape index (κ2) is 8.83. The van der Waals surface area contributed by atoms with Crippen LogP contribution < -0.4 is 5.32 Å². The van der Waals surface area contributed by atoms with Crippen molar-refractivity contribution in [3.63, 3.8) is 0 Å². The lowest BCUT2D eigenvalue weighted by Crippen LogP contribution is -2.43. The average Bonchev–Trinajstić information content (AvgIpc) is 2.72. The van der Waals surface area contributed by atoms with Crippen LogP contribution in [0.25, 0.3) is 10.8 Å². The molecule has 3 rings (SSSR count). The minimum atomic E-state index is -0.813. The van der Waals surface area contributed by atoms with Crippen LogP contribution in [0.3, 0.4) is 0 Å². The van der Waals surface area contributed by atoms with Crippen LogP contribution in [-0.4, -0.2) is 25.0 Å². The van der Waals surface area contributed by atoms with Gasteiger partial charge in [0.05, 0.1) is 25.2 Å². The zero-order valence-corrected chi connectivity index (χ0v) is 15.5.